The summed E-state index contributed by atoms with van der Waals surface area (Å²) in [7, 11) is 0. The van der Waals surface area contributed by atoms with Crippen molar-refractivity contribution in [3.63, 3.8) is 0 Å². The lowest BCUT2D eigenvalue weighted by Gasteiger charge is -2.60. The van der Waals surface area contributed by atoms with E-state index in [0.717, 1.165) is 5.92 Å². The Balaban J connectivity index is 1.75. The molecule has 1 aromatic rings. The summed E-state index contributed by atoms with van der Waals surface area (Å²) in [6.45, 7) is 10.1. The van der Waals surface area contributed by atoms with Gasteiger partial charge in [0, 0.05) is 12.1 Å². The largest absolute Gasteiger partial charge is 0.372 e. The summed E-state index contributed by atoms with van der Waals surface area (Å²) in [5.74, 6) is 0.931. The van der Waals surface area contributed by atoms with Gasteiger partial charge in [0.2, 0.25) is 0 Å². The Morgan fingerprint density at radius 2 is 1.90 bits per heavy atom. The van der Waals surface area contributed by atoms with Crippen LogP contribution in [0.1, 0.15) is 51.5 Å². The maximum Gasteiger partial charge on any atom is 0.0410 e. The molecular weight excluding hydrogens is 242 g/mol. The highest BCUT2D eigenvalue weighted by molar-refractivity contribution is 5.31. The van der Waals surface area contributed by atoms with E-state index < -0.39 is 0 Å². The smallest absolute Gasteiger partial charge is 0.0410 e. The van der Waals surface area contributed by atoms with Crippen molar-refractivity contribution in [2.24, 2.45) is 5.92 Å². The summed E-state index contributed by atoms with van der Waals surface area (Å²) < 4.78 is 0. The number of hydrogen-bond donors (Lipinski definition) is 0. The van der Waals surface area contributed by atoms with Crippen molar-refractivity contribution in [3.8, 4) is 0 Å². The predicted molar refractivity (Wildman–Crippen MR) is 85.7 cm³/mol. The fraction of sp³-hybridized carbons (Fsp3) is 0.579. The highest BCUT2D eigenvalue weighted by Gasteiger charge is 2.54. The number of rotatable bonds is 6. The van der Waals surface area contributed by atoms with Crippen molar-refractivity contribution in [1.82, 2.24) is 4.90 Å². The lowest BCUT2D eigenvalue weighted by molar-refractivity contribution is -0.0147. The van der Waals surface area contributed by atoms with Crippen LogP contribution in [-0.2, 0) is 5.41 Å². The molecule has 1 aromatic carbocycles. The van der Waals surface area contributed by atoms with Crippen LogP contribution in [0.25, 0.3) is 0 Å². The Bertz CT molecular complexity index is 466. The van der Waals surface area contributed by atoms with E-state index in [2.05, 4.69) is 61.9 Å². The molecule has 2 saturated carbocycles. The van der Waals surface area contributed by atoms with Crippen LogP contribution in [0.2, 0.25) is 0 Å². The van der Waals surface area contributed by atoms with Crippen molar-refractivity contribution in [1.29, 1.82) is 0 Å². The SMILES string of the molecule is C=CN(CC1CC1)C1(CC)CC(C)(c2ccccc2)C1. The molecule has 0 heterocycles. The number of hydrogen-bond acceptors (Lipinski definition) is 1. The Morgan fingerprint density at radius 3 is 2.40 bits per heavy atom. The van der Waals surface area contributed by atoms with E-state index in [0.29, 0.717) is 11.0 Å². The first kappa shape index (κ1) is 13.7. The topological polar surface area (TPSA) is 3.24 Å². The molecule has 108 valence electrons. The van der Waals surface area contributed by atoms with Gasteiger partial charge in [0.15, 0.2) is 0 Å². The first-order chi connectivity index (χ1) is 9.62. The fourth-order valence-electron chi connectivity index (χ4n) is 4.14. The molecule has 0 amide bonds. The van der Waals surface area contributed by atoms with E-state index in [1.54, 1.807) is 0 Å². The van der Waals surface area contributed by atoms with Gasteiger partial charge in [-0.2, -0.15) is 0 Å². The van der Waals surface area contributed by atoms with Gasteiger partial charge in [0.05, 0.1) is 0 Å². The molecule has 0 aliphatic heterocycles. The third-order valence-corrected chi connectivity index (χ3v) is 5.55. The van der Waals surface area contributed by atoms with Crippen molar-refractivity contribution in [2.75, 3.05) is 6.54 Å². The van der Waals surface area contributed by atoms with Crippen LogP contribution in [0, 0.1) is 5.92 Å². The minimum Gasteiger partial charge on any atom is -0.372 e. The van der Waals surface area contributed by atoms with E-state index in [-0.39, 0.29) is 0 Å². The molecule has 1 nitrogen and oxygen atoms in total. The van der Waals surface area contributed by atoms with E-state index in [9.17, 15) is 0 Å². The summed E-state index contributed by atoms with van der Waals surface area (Å²) in [6, 6.07) is 11.0. The zero-order valence-corrected chi connectivity index (χ0v) is 12.9. The standard InChI is InChI=1S/C19H27N/c1-4-19(20(5-2)13-16-11-12-16)14-18(3,15-19)17-9-7-6-8-10-17/h5-10,16H,2,4,11-15H2,1,3H3. The van der Waals surface area contributed by atoms with Crippen molar-refractivity contribution in [2.45, 2.75) is 56.9 Å². The van der Waals surface area contributed by atoms with Gasteiger partial charge >= 0.3 is 0 Å². The molecule has 0 N–H and O–H groups in total. The zero-order valence-electron chi connectivity index (χ0n) is 12.9. The lowest BCUT2D eigenvalue weighted by Crippen LogP contribution is -2.61. The van der Waals surface area contributed by atoms with Gasteiger partial charge in [-0.25, -0.2) is 0 Å². The summed E-state index contributed by atoms with van der Waals surface area (Å²) >= 11 is 0. The second kappa shape index (κ2) is 4.95. The molecule has 0 saturated heterocycles. The van der Waals surface area contributed by atoms with Crippen LogP contribution in [0.4, 0.5) is 0 Å². The molecule has 0 unspecified atom stereocenters. The maximum absolute atomic E-state index is 4.08. The molecule has 0 spiro atoms. The molecule has 0 atom stereocenters. The first-order valence-corrected chi connectivity index (χ1v) is 8.07. The maximum atomic E-state index is 4.08. The molecule has 20 heavy (non-hydrogen) atoms. The average molecular weight is 269 g/mol. The Morgan fingerprint density at radius 1 is 1.25 bits per heavy atom. The monoisotopic (exact) mass is 269 g/mol. The number of nitrogens with zero attached hydrogens (tertiary/aromatic N) is 1. The normalized spacial score (nSPS) is 32.5. The average Bonchev–Trinajstić information content (AvgIpc) is 3.26. The van der Waals surface area contributed by atoms with E-state index in [1.807, 2.05) is 0 Å². The van der Waals surface area contributed by atoms with Gasteiger partial charge in [0.1, 0.15) is 0 Å². The second-order valence-electron chi connectivity index (χ2n) is 7.14. The van der Waals surface area contributed by atoms with Crippen LogP contribution in [0.5, 0.6) is 0 Å². The minimum atomic E-state index is 0.349. The summed E-state index contributed by atoms with van der Waals surface area (Å²) in [5.41, 5.74) is 2.20. The Hall–Kier alpha value is -1.24. The van der Waals surface area contributed by atoms with Crippen LogP contribution in [-0.4, -0.2) is 17.0 Å². The molecule has 0 aromatic heterocycles. The highest BCUT2D eigenvalue weighted by atomic mass is 15.2. The van der Waals surface area contributed by atoms with Crippen molar-refractivity contribution < 1.29 is 0 Å². The van der Waals surface area contributed by atoms with Gasteiger partial charge in [0.25, 0.3) is 0 Å². The van der Waals surface area contributed by atoms with Gasteiger partial charge in [-0.1, -0.05) is 50.8 Å². The van der Waals surface area contributed by atoms with Gasteiger partial charge in [-0.15, -0.1) is 0 Å². The van der Waals surface area contributed by atoms with Crippen LogP contribution < -0.4 is 0 Å². The number of benzene rings is 1. The molecule has 3 rings (SSSR count). The lowest BCUT2D eigenvalue weighted by atomic mass is 9.54. The quantitative estimate of drug-likeness (QED) is 0.721. The molecule has 2 aliphatic carbocycles. The third kappa shape index (κ3) is 2.28. The Kier molecular flexibility index (Phi) is 3.40. The van der Waals surface area contributed by atoms with Gasteiger partial charge < -0.3 is 4.90 Å². The van der Waals surface area contributed by atoms with Crippen molar-refractivity contribution in [3.05, 3.63) is 48.7 Å². The highest BCUT2D eigenvalue weighted by Crippen LogP contribution is 2.55. The summed E-state index contributed by atoms with van der Waals surface area (Å²) in [6.07, 6.45) is 8.69. The third-order valence-electron chi connectivity index (χ3n) is 5.55. The first-order valence-electron chi connectivity index (χ1n) is 8.07. The zero-order chi connectivity index (χ0) is 14.2. The molecule has 1 heteroatoms. The minimum absolute atomic E-state index is 0.349. The van der Waals surface area contributed by atoms with Gasteiger partial charge in [-0.3, -0.25) is 0 Å². The van der Waals surface area contributed by atoms with Crippen LogP contribution >= 0.6 is 0 Å². The second-order valence-corrected chi connectivity index (χ2v) is 7.14. The van der Waals surface area contributed by atoms with E-state index >= 15 is 0 Å². The molecular formula is C19H27N. The predicted octanol–water partition coefficient (Wildman–Crippen LogP) is 4.74. The summed E-state index contributed by atoms with van der Waals surface area (Å²) in [4.78, 5) is 2.56. The fourth-order valence-corrected chi connectivity index (χ4v) is 4.14. The van der Waals surface area contributed by atoms with E-state index in [4.69, 9.17) is 0 Å². The molecule has 2 aliphatic rings. The van der Waals surface area contributed by atoms with E-state index in [1.165, 1.54) is 44.2 Å². The molecule has 0 radical (unpaired) electrons. The van der Waals surface area contributed by atoms with Gasteiger partial charge in [-0.05, 0) is 55.2 Å². The Labute approximate surface area is 123 Å². The van der Waals surface area contributed by atoms with Crippen LogP contribution in [0.15, 0.2) is 43.1 Å². The summed E-state index contributed by atoms with van der Waals surface area (Å²) in [5, 5.41) is 0. The van der Waals surface area contributed by atoms with Crippen LogP contribution in [0.3, 0.4) is 0 Å². The molecule has 0 bridgehead atoms. The van der Waals surface area contributed by atoms with Crippen molar-refractivity contribution >= 4 is 0 Å². The molecule has 2 fully saturated rings.